The van der Waals surface area contributed by atoms with Crippen LogP contribution in [0, 0.1) is 10.1 Å². The third kappa shape index (κ3) is 4.82. The van der Waals surface area contributed by atoms with E-state index in [1.165, 1.54) is 30.1 Å². The van der Waals surface area contributed by atoms with Gasteiger partial charge >= 0.3 is 5.97 Å². The predicted molar refractivity (Wildman–Crippen MR) is 119 cm³/mol. The van der Waals surface area contributed by atoms with E-state index in [4.69, 9.17) is 0 Å². The van der Waals surface area contributed by atoms with Gasteiger partial charge in [-0.3, -0.25) is 25.1 Å². The summed E-state index contributed by atoms with van der Waals surface area (Å²) in [4.78, 5) is 43.0. The molecule has 0 fully saturated rings. The highest BCUT2D eigenvalue weighted by molar-refractivity contribution is 7.15. The number of nitro groups is 1. The van der Waals surface area contributed by atoms with Crippen LogP contribution in [-0.4, -0.2) is 40.3 Å². The second-order valence-corrected chi connectivity index (χ2v) is 8.39. The third-order valence-corrected chi connectivity index (χ3v) is 6.09. The topological polar surface area (TPSA) is 115 Å². The van der Waals surface area contributed by atoms with Crippen molar-refractivity contribution < 1.29 is 19.2 Å². The van der Waals surface area contributed by atoms with E-state index < -0.39 is 16.8 Å². The van der Waals surface area contributed by atoms with Crippen molar-refractivity contribution in [1.29, 1.82) is 0 Å². The van der Waals surface area contributed by atoms with Gasteiger partial charge in [0.1, 0.15) is 0 Å². The number of hydrogen-bond acceptors (Lipinski definition) is 8. The molecule has 0 saturated heterocycles. The van der Waals surface area contributed by atoms with Gasteiger partial charge in [-0.05, 0) is 11.6 Å². The Balaban J connectivity index is 1.49. The molecule has 2 aromatic carbocycles. The van der Waals surface area contributed by atoms with Gasteiger partial charge in [0.25, 0.3) is 11.6 Å². The molecule has 4 rings (SSSR count). The molecule has 0 aliphatic carbocycles. The first-order chi connectivity index (χ1) is 15.4. The Labute approximate surface area is 187 Å². The second-order valence-electron chi connectivity index (χ2n) is 7.31. The summed E-state index contributed by atoms with van der Waals surface area (Å²) in [7, 11) is 1.17. The van der Waals surface area contributed by atoms with Gasteiger partial charge in [0.05, 0.1) is 23.3 Å². The van der Waals surface area contributed by atoms with Gasteiger partial charge in [0.15, 0.2) is 5.13 Å². The van der Waals surface area contributed by atoms with Gasteiger partial charge in [-0.25, -0.2) is 9.78 Å². The van der Waals surface area contributed by atoms with Crippen molar-refractivity contribution in [2.45, 2.75) is 19.5 Å². The summed E-state index contributed by atoms with van der Waals surface area (Å²) in [5, 5.41) is 14.3. The molecule has 3 aromatic rings. The van der Waals surface area contributed by atoms with Gasteiger partial charge < -0.3 is 4.74 Å². The molecule has 0 spiro atoms. The fraction of sp³-hybridized carbons (Fsp3) is 0.227. The fourth-order valence-electron chi connectivity index (χ4n) is 3.53. The number of benzene rings is 2. The second kappa shape index (κ2) is 9.25. The van der Waals surface area contributed by atoms with Crippen molar-refractivity contribution >= 4 is 34.0 Å². The molecule has 1 N–H and O–H groups in total. The van der Waals surface area contributed by atoms with E-state index in [-0.39, 0.29) is 16.8 Å². The van der Waals surface area contributed by atoms with Crippen LogP contribution in [0.5, 0.6) is 0 Å². The average molecular weight is 452 g/mol. The Morgan fingerprint density at radius 2 is 1.97 bits per heavy atom. The van der Waals surface area contributed by atoms with E-state index in [1.54, 1.807) is 0 Å². The molecule has 0 atom stereocenters. The lowest BCUT2D eigenvalue weighted by Gasteiger charge is -2.25. The van der Waals surface area contributed by atoms with Crippen molar-refractivity contribution in [3.8, 4) is 0 Å². The number of anilines is 1. The molecule has 1 aromatic heterocycles. The number of ether oxygens (including phenoxy) is 1. The number of carbonyl (C=O) groups excluding carboxylic acids is 2. The smallest absolute Gasteiger partial charge is 0.338 e. The summed E-state index contributed by atoms with van der Waals surface area (Å²) >= 11 is 1.39. The molecule has 0 bridgehead atoms. The first-order valence-corrected chi connectivity index (χ1v) is 10.7. The van der Waals surface area contributed by atoms with E-state index >= 15 is 0 Å². The molecule has 164 valence electrons. The van der Waals surface area contributed by atoms with Gasteiger partial charge in [-0.15, -0.1) is 11.3 Å². The molecule has 1 amide bonds. The number of esters is 1. The fourth-order valence-corrected chi connectivity index (χ4v) is 4.58. The SMILES string of the molecule is COC(=O)c1cc(C(=O)Nc2nc3c(s2)CN(Cc2ccccc2)CC3)cc([N+](=O)[O-])c1. The summed E-state index contributed by atoms with van der Waals surface area (Å²) in [5.41, 5.74) is 1.73. The van der Waals surface area contributed by atoms with E-state index in [1.807, 2.05) is 18.2 Å². The number of rotatable bonds is 6. The standard InChI is InChI=1S/C22H20N4O5S/c1-31-21(28)16-9-15(10-17(11-16)26(29)30)20(27)24-22-23-18-7-8-25(13-19(18)32-22)12-14-5-3-2-4-6-14/h2-6,9-11H,7-8,12-13H2,1H3,(H,23,24,27). The van der Waals surface area contributed by atoms with Gasteiger partial charge in [0, 0.05) is 48.6 Å². The van der Waals surface area contributed by atoms with Crippen molar-refractivity contribution in [2.75, 3.05) is 19.0 Å². The summed E-state index contributed by atoms with van der Waals surface area (Å²) in [6.07, 6.45) is 0.776. The van der Waals surface area contributed by atoms with Crippen LogP contribution in [0.25, 0.3) is 0 Å². The average Bonchev–Trinajstić information content (AvgIpc) is 3.20. The molecule has 0 unspecified atom stereocenters. The Morgan fingerprint density at radius 3 is 2.69 bits per heavy atom. The quantitative estimate of drug-likeness (QED) is 0.345. The van der Waals surface area contributed by atoms with E-state index in [9.17, 15) is 19.7 Å². The number of nitro benzene ring substituents is 1. The number of methoxy groups -OCH3 is 1. The molecular formula is C22H20N4O5S. The molecule has 10 heteroatoms. The normalized spacial score (nSPS) is 13.3. The molecule has 0 saturated carbocycles. The van der Waals surface area contributed by atoms with Gasteiger partial charge in [0.2, 0.25) is 0 Å². The molecular weight excluding hydrogens is 432 g/mol. The molecule has 9 nitrogen and oxygen atoms in total. The maximum atomic E-state index is 12.7. The Kier molecular flexibility index (Phi) is 6.24. The van der Waals surface area contributed by atoms with Crippen LogP contribution in [0.2, 0.25) is 0 Å². The van der Waals surface area contributed by atoms with Crippen LogP contribution in [0.15, 0.2) is 48.5 Å². The van der Waals surface area contributed by atoms with E-state index in [2.05, 4.69) is 32.1 Å². The largest absolute Gasteiger partial charge is 0.465 e. The van der Waals surface area contributed by atoms with Crippen molar-refractivity contribution in [3.05, 3.63) is 85.9 Å². The Morgan fingerprint density at radius 1 is 1.22 bits per heavy atom. The molecule has 1 aliphatic heterocycles. The van der Waals surface area contributed by atoms with Crippen LogP contribution in [0.1, 0.15) is 36.9 Å². The van der Waals surface area contributed by atoms with Crippen molar-refractivity contribution in [2.24, 2.45) is 0 Å². The molecule has 1 aliphatic rings. The highest BCUT2D eigenvalue weighted by atomic mass is 32.1. The van der Waals surface area contributed by atoms with E-state index in [0.29, 0.717) is 5.13 Å². The third-order valence-electron chi connectivity index (χ3n) is 5.09. The zero-order chi connectivity index (χ0) is 22.7. The first kappa shape index (κ1) is 21.6. The Bertz CT molecular complexity index is 1180. The minimum atomic E-state index is -0.758. The lowest BCUT2D eigenvalue weighted by molar-refractivity contribution is -0.384. The number of nitrogens with one attached hydrogen (secondary N) is 1. The zero-order valence-electron chi connectivity index (χ0n) is 17.2. The van der Waals surface area contributed by atoms with Gasteiger partial charge in [-0.1, -0.05) is 30.3 Å². The van der Waals surface area contributed by atoms with Crippen LogP contribution in [0.4, 0.5) is 10.8 Å². The highest BCUT2D eigenvalue weighted by Gasteiger charge is 2.23. The van der Waals surface area contributed by atoms with Crippen LogP contribution >= 0.6 is 11.3 Å². The minimum absolute atomic E-state index is 0.0153. The summed E-state index contributed by atoms with van der Waals surface area (Å²) in [6, 6.07) is 13.7. The number of aromatic nitrogens is 1. The Hall–Kier alpha value is -3.63. The predicted octanol–water partition coefficient (Wildman–Crippen LogP) is 3.65. The van der Waals surface area contributed by atoms with Crippen LogP contribution in [0.3, 0.4) is 0 Å². The van der Waals surface area contributed by atoms with Gasteiger partial charge in [-0.2, -0.15) is 0 Å². The number of fused-ring (bicyclic) bond motifs is 1. The highest BCUT2D eigenvalue weighted by Crippen LogP contribution is 2.29. The number of carbonyl (C=O) groups is 2. The monoisotopic (exact) mass is 452 g/mol. The summed E-state index contributed by atoms with van der Waals surface area (Å²) in [5.74, 6) is -1.34. The van der Waals surface area contributed by atoms with Crippen LogP contribution in [-0.2, 0) is 24.2 Å². The number of hydrogen-bond donors (Lipinski definition) is 1. The number of amides is 1. The lowest BCUT2D eigenvalue weighted by Crippen LogP contribution is -2.29. The number of thiazole rings is 1. The zero-order valence-corrected chi connectivity index (χ0v) is 18.1. The minimum Gasteiger partial charge on any atom is -0.465 e. The molecule has 0 radical (unpaired) electrons. The lowest BCUT2D eigenvalue weighted by atomic mass is 10.1. The number of nitrogens with zero attached hydrogens (tertiary/aromatic N) is 3. The van der Waals surface area contributed by atoms with Crippen LogP contribution < -0.4 is 5.32 Å². The number of non-ortho nitro benzene ring substituents is 1. The van der Waals surface area contributed by atoms with Crippen molar-refractivity contribution in [3.63, 3.8) is 0 Å². The maximum Gasteiger partial charge on any atom is 0.338 e. The van der Waals surface area contributed by atoms with Crippen molar-refractivity contribution in [1.82, 2.24) is 9.88 Å². The molecule has 2 heterocycles. The maximum absolute atomic E-state index is 12.7. The molecule has 32 heavy (non-hydrogen) atoms. The summed E-state index contributed by atoms with van der Waals surface area (Å²) in [6.45, 7) is 2.44. The van der Waals surface area contributed by atoms with E-state index in [0.717, 1.165) is 48.8 Å². The first-order valence-electron chi connectivity index (χ1n) is 9.87. The summed E-state index contributed by atoms with van der Waals surface area (Å²) < 4.78 is 4.62.